The predicted molar refractivity (Wildman–Crippen MR) is 115 cm³/mol. The molecule has 0 radical (unpaired) electrons. The van der Waals surface area contributed by atoms with Gasteiger partial charge in [-0.1, -0.05) is 17.7 Å². The number of hydrogen-bond acceptors (Lipinski definition) is 4. The number of benzene rings is 3. The van der Waals surface area contributed by atoms with E-state index >= 15 is 0 Å². The van der Waals surface area contributed by atoms with Crippen molar-refractivity contribution in [1.29, 1.82) is 0 Å². The number of hydrogen-bond donors (Lipinski definition) is 0. The molecule has 30 heavy (non-hydrogen) atoms. The van der Waals surface area contributed by atoms with E-state index in [1.165, 1.54) is 67.1 Å². The Balaban J connectivity index is 2.14. The Morgan fingerprint density at radius 2 is 1.50 bits per heavy atom. The highest BCUT2D eigenvalue weighted by Crippen LogP contribution is 2.37. The van der Waals surface area contributed by atoms with E-state index in [2.05, 4.69) is 0 Å². The van der Waals surface area contributed by atoms with E-state index in [-0.39, 0.29) is 4.90 Å². The number of ether oxygens (including phenoxy) is 2. The van der Waals surface area contributed by atoms with Gasteiger partial charge in [-0.25, -0.2) is 12.8 Å². The third kappa shape index (κ3) is 4.37. The van der Waals surface area contributed by atoms with Crippen LogP contribution in [0, 0.1) is 5.82 Å². The van der Waals surface area contributed by atoms with E-state index in [0.29, 0.717) is 27.8 Å². The molecule has 0 spiro atoms. The Labute approximate surface area is 180 Å². The van der Waals surface area contributed by atoms with Gasteiger partial charge in [0.05, 0.1) is 30.8 Å². The first kappa shape index (κ1) is 21.9. The summed E-state index contributed by atoms with van der Waals surface area (Å²) in [6.07, 6.45) is 0. The summed E-state index contributed by atoms with van der Waals surface area (Å²) in [7, 11) is -0.953. The molecule has 8 heteroatoms. The third-order valence-corrected chi connectivity index (χ3v) is 6.86. The molecule has 1 atom stereocenters. The van der Waals surface area contributed by atoms with Gasteiger partial charge in [-0.2, -0.15) is 0 Å². The van der Waals surface area contributed by atoms with Gasteiger partial charge in [0.25, 0.3) is 10.0 Å². The molecular weight excluding hydrogens is 429 g/mol. The highest BCUT2D eigenvalue weighted by molar-refractivity contribution is 7.92. The largest absolute Gasteiger partial charge is 0.493 e. The number of methoxy groups -OCH3 is 2. The Morgan fingerprint density at radius 1 is 0.900 bits per heavy atom. The van der Waals surface area contributed by atoms with Crippen molar-refractivity contribution in [3.8, 4) is 11.5 Å². The van der Waals surface area contributed by atoms with E-state index in [9.17, 15) is 12.8 Å². The summed E-state index contributed by atoms with van der Waals surface area (Å²) < 4.78 is 52.5. The zero-order valence-corrected chi connectivity index (χ0v) is 18.2. The lowest BCUT2D eigenvalue weighted by molar-refractivity contribution is 0.354. The van der Waals surface area contributed by atoms with Crippen LogP contribution < -0.4 is 13.8 Å². The Morgan fingerprint density at radius 3 is 2.07 bits per heavy atom. The summed E-state index contributed by atoms with van der Waals surface area (Å²) >= 11 is 5.92. The maximum absolute atomic E-state index is 13.6. The van der Waals surface area contributed by atoms with E-state index in [0.717, 1.165) is 0 Å². The maximum Gasteiger partial charge on any atom is 0.264 e. The number of halogens is 2. The van der Waals surface area contributed by atoms with Crippen molar-refractivity contribution in [3.63, 3.8) is 0 Å². The minimum atomic E-state index is -3.99. The summed E-state index contributed by atoms with van der Waals surface area (Å²) in [5.74, 6) is 0.550. The van der Waals surface area contributed by atoms with Crippen LogP contribution in [0.15, 0.2) is 71.6 Å². The first-order chi connectivity index (χ1) is 14.3. The lowest BCUT2D eigenvalue weighted by Crippen LogP contribution is -2.33. The second-order valence-corrected chi connectivity index (χ2v) is 8.77. The van der Waals surface area contributed by atoms with Crippen LogP contribution in [0.4, 0.5) is 10.1 Å². The molecule has 0 heterocycles. The Bertz CT molecular complexity index is 1120. The zero-order chi connectivity index (χ0) is 21.9. The van der Waals surface area contributed by atoms with Gasteiger partial charge in [0.15, 0.2) is 11.5 Å². The summed E-state index contributed by atoms with van der Waals surface area (Å²) in [5, 5.41) is 0.426. The summed E-state index contributed by atoms with van der Waals surface area (Å²) in [4.78, 5) is 0.0727. The maximum atomic E-state index is 13.6. The highest BCUT2D eigenvalue weighted by Gasteiger charge is 2.31. The predicted octanol–water partition coefficient (Wildman–Crippen LogP) is 5.45. The van der Waals surface area contributed by atoms with Gasteiger partial charge in [0, 0.05) is 5.02 Å². The van der Waals surface area contributed by atoms with Crippen LogP contribution in [0.5, 0.6) is 11.5 Å². The monoisotopic (exact) mass is 449 g/mol. The van der Waals surface area contributed by atoms with Crippen LogP contribution in [-0.2, 0) is 10.0 Å². The van der Waals surface area contributed by atoms with E-state index < -0.39 is 21.9 Å². The molecule has 158 valence electrons. The first-order valence-corrected chi connectivity index (χ1v) is 10.9. The molecule has 0 aromatic heterocycles. The fourth-order valence-corrected chi connectivity index (χ4v) is 4.90. The fourth-order valence-electron chi connectivity index (χ4n) is 3.13. The number of anilines is 1. The van der Waals surface area contributed by atoms with Crippen LogP contribution in [0.3, 0.4) is 0 Å². The quantitative estimate of drug-likeness (QED) is 0.481. The molecule has 3 aromatic carbocycles. The number of sulfonamides is 1. The number of rotatable bonds is 7. The van der Waals surface area contributed by atoms with Crippen LogP contribution in [0.25, 0.3) is 0 Å². The molecular formula is C22H21ClFNO4S. The molecule has 3 aromatic rings. The van der Waals surface area contributed by atoms with Gasteiger partial charge in [-0.05, 0) is 73.2 Å². The van der Waals surface area contributed by atoms with Crippen molar-refractivity contribution in [2.75, 3.05) is 18.5 Å². The molecule has 0 bridgehead atoms. The smallest absolute Gasteiger partial charge is 0.264 e. The van der Waals surface area contributed by atoms with Crippen LogP contribution >= 0.6 is 11.6 Å². The van der Waals surface area contributed by atoms with Crippen molar-refractivity contribution >= 4 is 27.3 Å². The van der Waals surface area contributed by atoms with Gasteiger partial charge >= 0.3 is 0 Å². The zero-order valence-electron chi connectivity index (χ0n) is 16.7. The first-order valence-electron chi connectivity index (χ1n) is 9.05. The molecule has 0 saturated carbocycles. The van der Waals surface area contributed by atoms with Gasteiger partial charge in [-0.15, -0.1) is 0 Å². The van der Waals surface area contributed by atoms with E-state index in [1.807, 2.05) is 0 Å². The molecule has 0 unspecified atom stereocenters. The minimum absolute atomic E-state index is 0.0727. The van der Waals surface area contributed by atoms with Gasteiger partial charge in [-0.3, -0.25) is 4.31 Å². The normalized spacial score (nSPS) is 12.3. The van der Waals surface area contributed by atoms with Gasteiger partial charge < -0.3 is 9.47 Å². The second kappa shape index (κ2) is 8.93. The highest BCUT2D eigenvalue weighted by atomic mass is 35.5. The lowest BCUT2D eigenvalue weighted by Gasteiger charge is -2.31. The van der Waals surface area contributed by atoms with Crippen LogP contribution in [-0.4, -0.2) is 22.6 Å². The molecule has 0 saturated heterocycles. The van der Waals surface area contributed by atoms with Crippen molar-refractivity contribution in [1.82, 2.24) is 0 Å². The molecule has 0 N–H and O–H groups in total. The minimum Gasteiger partial charge on any atom is -0.493 e. The topological polar surface area (TPSA) is 55.8 Å². The molecule has 5 nitrogen and oxygen atoms in total. The molecule has 0 aliphatic carbocycles. The van der Waals surface area contributed by atoms with Crippen molar-refractivity contribution in [3.05, 3.63) is 83.1 Å². The lowest BCUT2D eigenvalue weighted by atomic mass is 10.1. The second-order valence-electron chi connectivity index (χ2n) is 6.52. The van der Waals surface area contributed by atoms with Crippen molar-refractivity contribution in [2.24, 2.45) is 0 Å². The summed E-state index contributed by atoms with van der Waals surface area (Å²) in [5.41, 5.74) is 1.00. The third-order valence-electron chi connectivity index (χ3n) is 4.69. The molecule has 0 aliphatic heterocycles. The van der Waals surface area contributed by atoms with Gasteiger partial charge in [0.2, 0.25) is 0 Å². The van der Waals surface area contributed by atoms with Crippen LogP contribution in [0.1, 0.15) is 18.5 Å². The number of nitrogens with zero attached hydrogens (tertiary/aromatic N) is 1. The van der Waals surface area contributed by atoms with Crippen LogP contribution in [0.2, 0.25) is 5.02 Å². The average Bonchev–Trinajstić information content (AvgIpc) is 2.74. The van der Waals surface area contributed by atoms with Crippen molar-refractivity contribution < 1.29 is 22.3 Å². The SMILES string of the molecule is COc1ccc([C@@H](C)N(c2ccc(F)cc2)S(=O)(=O)c2ccc(Cl)cc2)cc1OC. The summed E-state index contributed by atoms with van der Waals surface area (Å²) in [6, 6.07) is 15.8. The Kier molecular flexibility index (Phi) is 6.53. The molecule has 3 rings (SSSR count). The van der Waals surface area contributed by atoms with E-state index in [1.54, 1.807) is 25.1 Å². The summed E-state index contributed by atoms with van der Waals surface area (Å²) in [6.45, 7) is 1.75. The van der Waals surface area contributed by atoms with E-state index in [4.69, 9.17) is 21.1 Å². The molecule has 0 fully saturated rings. The standard InChI is InChI=1S/C22H21ClFNO4S/c1-15(16-4-13-21(28-2)22(14-16)29-3)25(19-9-7-18(24)8-10-19)30(26,27)20-11-5-17(23)6-12-20/h4-15H,1-3H3/t15-/m1/s1. The van der Waals surface area contributed by atoms with Gasteiger partial charge in [0.1, 0.15) is 5.82 Å². The van der Waals surface area contributed by atoms with Crippen molar-refractivity contribution in [2.45, 2.75) is 17.9 Å². The fraction of sp³-hybridized carbons (Fsp3) is 0.182. The molecule has 0 aliphatic rings. The average molecular weight is 450 g/mol. The molecule has 0 amide bonds. The Hall–Kier alpha value is -2.77.